The number of fused-ring (bicyclic) bond motifs is 3. The molecule has 0 bridgehead atoms. The van der Waals surface area contributed by atoms with Crippen LogP contribution in [0, 0.1) is 0 Å². The van der Waals surface area contributed by atoms with Crippen LogP contribution in [-0.2, 0) is 12.8 Å². The number of hydrogen-bond donors (Lipinski definition) is 0. The first kappa shape index (κ1) is 15.3. The molecule has 0 radical (unpaired) electrons. The molecule has 0 aliphatic heterocycles. The standard InChI is InChI=1S/C15H14.C8H8/c1-2-11-7-5-9-14-13-8-4-3-6-12(13)10-15(11)14;1-2-8-6-4-3-5-7-8/h3-9H,2,10H2,1H3;2-7H,1H2. The highest BCUT2D eigenvalue weighted by Crippen LogP contribution is 2.37. The van der Waals surface area contributed by atoms with Gasteiger partial charge in [-0.1, -0.05) is 92.4 Å². The molecular formula is C23H22. The van der Waals surface area contributed by atoms with Crippen LogP contribution in [0.4, 0.5) is 0 Å². The van der Waals surface area contributed by atoms with Crippen molar-refractivity contribution in [1.29, 1.82) is 0 Å². The Bertz CT molecular complexity index is 797. The smallest absolute Gasteiger partial charge is 0.00107 e. The predicted octanol–water partition coefficient (Wildman–Crippen LogP) is 6.15. The molecule has 0 unspecified atom stereocenters. The molecule has 0 fully saturated rings. The summed E-state index contributed by atoms with van der Waals surface area (Å²) in [6.07, 6.45) is 4.09. The van der Waals surface area contributed by atoms with Gasteiger partial charge in [0.2, 0.25) is 0 Å². The van der Waals surface area contributed by atoms with E-state index in [0.717, 1.165) is 12.8 Å². The van der Waals surface area contributed by atoms with Gasteiger partial charge in [-0.2, -0.15) is 0 Å². The molecule has 0 saturated carbocycles. The quantitative estimate of drug-likeness (QED) is 0.416. The van der Waals surface area contributed by atoms with E-state index in [4.69, 9.17) is 0 Å². The molecule has 114 valence electrons. The van der Waals surface area contributed by atoms with Crippen molar-refractivity contribution in [3.8, 4) is 11.1 Å². The lowest BCUT2D eigenvalue weighted by atomic mass is 10.00. The van der Waals surface area contributed by atoms with E-state index in [1.54, 1.807) is 5.56 Å². The van der Waals surface area contributed by atoms with E-state index in [-0.39, 0.29) is 0 Å². The second kappa shape index (κ2) is 7.11. The molecule has 0 N–H and O–H groups in total. The van der Waals surface area contributed by atoms with Crippen molar-refractivity contribution in [2.24, 2.45) is 0 Å². The molecule has 1 aliphatic rings. The second-order valence-corrected chi connectivity index (χ2v) is 5.75. The number of aryl methyl sites for hydroxylation is 1. The van der Waals surface area contributed by atoms with Crippen molar-refractivity contribution in [2.45, 2.75) is 19.8 Å². The Morgan fingerprint density at radius 3 is 2.22 bits per heavy atom. The lowest BCUT2D eigenvalue weighted by Crippen LogP contribution is -1.89. The van der Waals surface area contributed by atoms with Gasteiger partial charge in [0, 0.05) is 0 Å². The van der Waals surface area contributed by atoms with Gasteiger partial charge in [0.15, 0.2) is 0 Å². The molecule has 0 heteroatoms. The van der Waals surface area contributed by atoms with E-state index < -0.39 is 0 Å². The average molecular weight is 298 g/mol. The van der Waals surface area contributed by atoms with Crippen molar-refractivity contribution in [1.82, 2.24) is 0 Å². The van der Waals surface area contributed by atoms with E-state index in [1.807, 2.05) is 36.4 Å². The highest BCUT2D eigenvalue weighted by Gasteiger charge is 2.19. The van der Waals surface area contributed by atoms with Gasteiger partial charge < -0.3 is 0 Å². The summed E-state index contributed by atoms with van der Waals surface area (Å²) in [5.41, 5.74) is 8.58. The fraction of sp³-hybridized carbons (Fsp3) is 0.130. The van der Waals surface area contributed by atoms with Crippen LogP contribution in [0.2, 0.25) is 0 Å². The first-order valence-corrected chi connectivity index (χ1v) is 8.20. The Balaban J connectivity index is 0.000000166. The van der Waals surface area contributed by atoms with Crippen molar-refractivity contribution >= 4 is 6.08 Å². The molecule has 3 aromatic rings. The van der Waals surface area contributed by atoms with E-state index in [9.17, 15) is 0 Å². The molecule has 0 spiro atoms. The fourth-order valence-corrected chi connectivity index (χ4v) is 3.14. The molecule has 3 aromatic carbocycles. The molecule has 0 atom stereocenters. The van der Waals surface area contributed by atoms with Gasteiger partial charge in [0.1, 0.15) is 0 Å². The lowest BCUT2D eigenvalue weighted by molar-refractivity contribution is 1.08. The van der Waals surface area contributed by atoms with Gasteiger partial charge in [-0.3, -0.25) is 0 Å². The van der Waals surface area contributed by atoms with Gasteiger partial charge in [-0.05, 0) is 46.2 Å². The first-order chi connectivity index (χ1) is 11.3. The molecule has 0 amide bonds. The van der Waals surface area contributed by atoms with Crippen molar-refractivity contribution in [2.75, 3.05) is 0 Å². The number of rotatable bonds is 2. The van der Waals surface area contributed by atoms with Crippen LogP contribution in [0.3, 0.4) is 0 Å². The summed E-state index contributed by atoms with van der Waals surface area (Å²) in [7, 11) is 0. The number of hydrogen-bond acceptors (Lipinski definition) is 0. The Labute approximate surface area is 139 Å². The molecule has 0 aromatic heterocycles. The average Bonchev–Trinajstić information content (AvgIpc) is 3.02. The van der Waals surface area contributed by atoms with E-state index in [1.165, 1.54) is 27.8 Å². The fourth-order valence-electron chi connectivity index (χ4n) is 3.14. The van der Waals surface area contributed by atoms with Gasteiger partial charge in [-0.15, -0.1) is 0 Å². The van der Waals surface area contributed by atoms with Crippen LogP contribution in [-0.4, -0.2) is 0 Å². The number of benzene rings is 3. The van der Waals surface area contributed by atoms with Crippen LogP contribution < -0.4 is 0 Å². The third kappa shape index (κ3) is 3.27. The molecule has 0 nitrogen and oxygen atoms in total. The second-order valence-electron chi connectivity index (χ2n) is 5.75. The first-order valence-electron chi connectivity index (χ1n) is 8.20. The summed E-state index contributed by atoms with van der Waals surface area (Å²) in [4.78, 5) is 0. The zero-order chi connectivity index (χ0) is 16.1. The molecule has 23 heavy (non-hydrogen) atoms. The van der Waals surface area contributed by atoms with Crippen LogP contribution in [0.15, 0.2) is 79.4 Å². The zero-order valence-corrected chi connectivity index (χ0v) is 13.6. The zero-order valence-electron chi connectivity index (χ0n) is 13.6. The molecule has 1 aliphatic carbocycles. The predicted molar refractivity (Wildman–Crippen MR) is 101 cm³/mol. The Morgan fingerprint density at radius 2 is 1.52 bits per heavy atom. The summed E-state index contributed by atoms with van der Waals surface area (Å²) >= 11 is 0. The maximum absolute atomic E-state index is 3.63. The van der Waals surface area contributed by atoms with Crippen molar-refractivity contribution in [3.05, 3.63) is 102 Å². The van der Waals surface area contributed by atoms with Crippen LogP contribution in [0.5, 0.6) is 0 Å². The minimum Gasteiger partial charge on any atom is -0.0985 e. The third-order valence-corrected chi connectivity index (χ3v) is 4.36. The summed E-state index contributed by atoms with van der Waals surface area (Å²) < 4.78 is 0. The summed E-state index contributed by atoms with van der Waals surface area (Å²) in [6, 6.07) is 25.5. The highest BCUT2D eigenvalue weighted by molar-refractivity contribution is 5.77. The Morgan fingerprint density at radius 1 is 0.826 bits per heavy atom. The minimum absolute atomic E-state index is 1.12. The van der Waals surface area contributed by atoms with Crippen LogP contribution >= 0.6 is 0 Å². The molecular weight excluding hydrogens is 276 g/mol. The van der Waals surface area contributed by atoms with Crippen molar-refractivity contribution in [3.63, 3.8) is 0 Å². The normalized spacial score (nSPS) is 11.0. The van der Waals surface area contributed by atoms with Crippen LogP contribution in [0.25, 0.3) is 17.2 Å². The van der Waals surface area contributed by atoms with Gasteiger partial charge >= 0.3 is 0 Å². The van der Waals surface area contributed by atoms with Gasteiger partial charge in [0.25, 0.3) is 0 Å². The molecule has 0 saturated heterocycles. The topological polar surface area (TPSA) is 0 Å². The van der Waals surface area contributed by atoms with Gasteiger partial charge in [0.05, 0.1) is 0 Å². The largest absolute Gasteiger partial charge is 0.0985 e. The Kier molecular flexibility index (Phi) is 4.73. The summed E-state index contributed by atoms with van der Waals surface area (Å²) in [6.45, 7) is 5.87. The van der Waals surface area contributed by atoms with E-state index >= 15 is 0 Å². The lowest BCUT2D eigenvalue weighted by Gasteiger charge is -2.05. The highest BCUT2D eigenvalue weighted by atomic mass is 14.2. The maximum atomic E-state index is 3.63. The third-order valence-electron chi connectivity index (χ3n) is 4.36. The summed E-state index contributed by atoms with van der Waals surface area (Å²) in [5.74, 6) is 0. The van der Waals surface area contributed by atoms with Crippen LogP contribution in [0.1, 0.15) is 29.2 Å². The van der Waals surface area contributed by atoms with E-state index in [2.05, 4.69) is 56.0 Å². The van der Waals surface area contributed by atoms with E-state index in [0.29, 0.717) is 0 Å². The SMILES string of the molecule is C=Cc1ccccc1.CCc1cccc2c1Cc1ccccc1-2. The monoisotopic (exact) mass is 298 g/mol. The van der Waals surface area contributed by atoms with Crippen molar-refractivity contribution < 1.29 is 0 Å². The minimum atomic E-state index is 1.12. The molecule has 4 rings (SSSR count). The maximum Gasteiger partial charge on any atom is -0.00107 e. The van der Waals surface area contributed by atoms with Gasteiger partial charge in [-0.25, -0.2) is 0 Å². The molecule has 0 heterocycles. The summed E-state index contributed by atoms with van der Waals surface area (Å²) in [5, 5.41) is 0. The Hall–Kier alpha value is -2.60.